The highest BCUT2D eigenvalue weighted by Gasteiger charge is 2.21. The number of hydrogen-bond acceptors (Lipinski definition) is 7. The standard InChI is InChI=1S/C23H22Cl2N6O3/c1-12-28-29-21-18(27-22(32)34-23(2,3)4)11-17(30-31(12)21)15-10-14(26)6-8-19(15)33-20-7-5-13(24)9-16(20)25/h5-11H,26H2,1-4H3,(H,27,32). The minimum Gasteiger partial charge on any atom is -0.455 e. The first kappa shape index (κ1) is 23.6. The number of benzene rings is 2. The van der Waals surface area contributed by atoms with Crippen LogP contribution in [0.15, 0.2) is 42.5 Å². The molecule has 0 aliphatic heterocycles. The average Bonchev–Trinajstić information content (AvgIpc) is 3.11. The van der Waals surface area contributed by atoms with E-state index in [-0.39, 0.29) is 0 Å². The normalized spacial score (nSPS) is 11.5. The van der Waals surface area contributed by atoms with Gasteiger partial charge < -0.3 is 15.2 Å². The SMILES string of the molecule is Cc1nnc2c(NC(=O)OC(C)(C)C)cc(-c3cc(N)ccc3Oc3ccc(Cl)cc3Cl)nn12. The third-order valence-electron chi connectivity index (χ3n) is 4.56. The van der Waals surface area contributed by atoms with Crippen LogP contribution in [0.25, 0.3) is 16.9 Å². The van der Waals surface area contributed by atoms with Gasteiger partial charge in [-0.05, 0) is 70.2 Å². The highest BCUT2D eigenvalue weighted by molar-refractivity contribution is 6.35. The molecule has 0 unspecified atom stereocenters. The van der Waals surface area contributed by atoms with Gasteiger partial charge in [0.1, 0.15) is 17.1 Å². The van der Waals surface area contributed by atoms with E-state index in [2.05, 4.69) is 20.6 Å². The summed E-state index contributed by atoms with van der Waals surface area (Å²) in [6.45, 7) is 7.08. The molecule has 2 aromatic carbocycles. The molecule has 0 spiro atoms. The van der Waals surface area contributed by atoms with Gasteiger partial charge in [0.05, 0.1) is 16.4 Å². The van der Waals surface area contributed by atoms with Crippen LogP contribution in [0.5, 0.6) is 11.5 Å². The summed E-state index contributed by atoms with van der Waals surface area (Å²) in [4.78, 5) is 12.5. The van der Waals surface area contributed by atoms with Crippen molar-refractivity contribution in [2.45, 2.75) is 33.3 Å². The van der Waals surface area contributed by atoms with E-state index in [4.69, 9.17) is 38.4 Å². The number of anilines is 2. The lowest BCUT2D eigenvalue weighted by atomic mass is 10.1. The number of halogens is 2. The van der Waals surface area contributed by atoms with Crippen LogP contribution < -0.4 is 15.8 Å². The number of aryl methyl sites for hydroxylation is 1. The molecule has 0 fully saturated rings. The Bertz CT molecular complexity index is 1400. The quantitative estimate of drug-likeness (QED) is 0.323. The molecule has 0 aliphatic carbocycles. The molecule has 2 aromatic heterocycles. The molecule has 0 atom stereocenters. The number of nitrogen functional groups attached to an aromatic ring is 1. The Morgan fingerprint density at radius 1 is 1.06 bits per heavy atom. The summed E-state index contributed by atoms with van der Waals surface area (Å²) >= 11 is 12.3. The van der Waals surface area contributed by atoms with E-state index < -0.39 is 11.7 Å². The number of hydrogen-bond donors (Lipinski definition) is 2. The number of amides is 1. The van der Waals surface area contributed by atoms with Gasteiger partial charge in [-0.15, -0.1) is 10.2 Å². The maximum absolute atomic E-state index is 12.5. The zero-order valence-electron chi connectivity index (χ0n) is 18.9. The fraction of sp³-hybridized carbons (Fsp3) is 0.217. The molecule has 0 aliphatic rings. The fourth-order valence-corrected chi connectivity index (χ4v) is 3.58. The summed E-state index contributed by atoms with van der Waals surface area (Å²) in [7, 11) is 0. The number of fused-ring (bicyclic) bond motifs is 1. The van der Waals surface area contributed by atoms with Crippen LogP contribution in [-0.2, 0) is 4.74 Å². The van der Waals surface area contributed by atoms with E-state index in [1.54, 1.807) is 70.2 Å². The lowest BCUT2D eigenvalue weighted by Crippen LogP contribution is -2.27. The zero-order chi connectivity index (χ0) is 24.6. The molecule has 0 saturated heterocycles. The van der Waals surface area contributed by atoms with Crippen molar-refractivity contribution in [3.63, 3.8) is 0 Å². The minimum absolute atomic E-state index is 0.348. The van der Waals surface area contributed by atoms with Crippen molar-refractivity contribution in [3.8, 4) is 22.8 Å². The van der Waals surface area contributed by atoms with Crippen LogP contribution in [0, 0.1) is 6.92 Å². The number of nitrogens with zero attached hydrogens (tertiary/aromatic N) is 4. The summed E-state index contributed by atoms with van der Waals surface area (Å²) in [5.74, 6) is 1.38. The van der Waals surface area contributed by atoms with Gasteiger partial charge in [-0.3, -0.25) is 5.32 Å². The average molecular weight is 501 g/mol. The van der Waals surface area contributed by atoms with Gasteiger partial charge >= 0.3 is 6.09 Å². The van der Waals surface area contributed by atoms with Crippen molar-refractivity contribution >= 4 is 46.3 Å². The first-order valence-electron chi connectivity index (χ1n) is 10.3. The van der Waals surface area contributed by atoms with Gasteiger partial charge in [0.2, 0.25) is 5.65 Å². The zero-order valence-corrected chi connectivity index (χ0v) is 20.4. The number of carbonyl (C=O) groups is 1. The third kappa shape index (κ3) is 5.16. The van der Waals surface area contributed by atoms with E-state index in [1.807, 2.05) is 0 Å². The highest BCUT2D eigenvalue weighted by atomic mass is 35.5. The lowest BCUT2D eigenvalue weighted by Gasteiger charge is -2.20. The van der Waals surface area contributed by atoms with Crippen LogP contribution in [0.2, 0.25) is 10.0 Å². The van der Waals surface area contributed by atoms with E-state index in [0.29, 0.717) is 55.6 Å². The molecule has 34 heavy (non-hydrogen) atoms. The van der Waals surface area contributed by atoms with E-state index in [9.17, 15) is 4.79 Å². The number of carbonyl (C=O) groups excluding carboxylic acids is 1. The van der Waals surface area contributed by atoms with Gasteiger partial charge in [-0.1, -0.05) is 23.2 Å². The Hall–Kier alpha value is -3.56. The molecule has 176 valence electrons. The molecule has 9 nitrogen and oxygen atoms in total. The van der Waals surface area contributed by atoms with Crippen LogP contribution in [-0.4, -0.2) is 31.5 Å². The Balaban J connectivity index is 1.81. The Morgan fingerprint density at radius 2 is 1.79 bits per heavy atom. The van der Waals surface area contributed by atoms with Gasteiger partial charge in [0.15, 0.2) is 5.82 Å². The molecule has 1 amide bonds. The monoisotopic (exact) mass is 500 g/mol. The van der Waals surface area contributed by atoms with E-state index in [1.165, 1.54) is 4.52 Å². The first-order valence-corrected chi connectivity index (χ1v) is 11.0. The molecule has 4 aromatic rings. The van der Waals surface area contributed by atoms with Crippen LogP contribution >= 0.6 is 23.2 Å². The number of rotatable bonds is 4. The van der Waals surface area contributed by atoms with Crippen molar-refractivity contribution in [2.24, 2.45) is 0 Å². The Morgan fingerprint density at radius 3 is 2.50 bits per heavy atom. The third-order valence-corrected chi connectivity index (χ3v) is 5.09. The Labute approximate surface area is 205 Å². The van der Waals surface area contributed by atoms with Gasteiger partial charge in [-0.2, -0.15) is 9.61 Å². The predicted octanol–water partition coefficient (Wildman–Crippen LogP) is 6.13. The number of ether oxygens (including phenoxy) is 2. The smallest absolute Gasteiger partial charge is 0.412 e. The molecule has 4 rings (SSSR count). The van der Waals surface area contributed by atoms with Crippen LogP contribution in [0.3, 0.4) is 0 Å². The van der Waals surface area contributed by atoms with Crippen molar-refractivity contribution in [1.82, 2.24) is 19.8 Å². The molecule has 11 heteroatoms. The summed E-state index contributed by atoms with van der Waals surface area (Å²) in [6, 6.07) is 11.7. The number of aromatic nitrogens is 4. The van der Waals surface area contributed by atoms with E-state index >= 15 is 0 Å². The summed E-state index contributed by atoms with van der Waals surface area (Å²) in [5.41, 5.74) is 7.63. The van der Waals surface area contributed by atoms with Gasteiger partial charge in [0.25, 0.3) is 0 Å². The second kappa shape index (κ2) is 9.00. The van der Waals surface area contributed by atoms with Crippen molar-refractivity contribution < 1.29 is 14.3 Å². The predicted molar refractivity (Wildman–Crippen MR) is 132 cm³/mol. The lowest BCUT2D eigenvalue weighted by molar-refractivity contribution is 0.0636. The van der Waals surface area contributed by atoms with Gasteiger partial charge in [0, 0.05) is 16.3 Å². The molecule has 2 heterocycles. The topological polar surface area (TPSA) is 117 Å². The molecule has 0 saturated carbocycles. The first-order chi connectivity index (χ1) is 16.0. The van der Waals surface area contributed by atoms with Crippen molar-refractivity contribution in [3.05, 3.63) is 58.3 Å². The highest BCUT2D eigenvalue weighted by Crippen LogP contribution is 2.38. The van der Waals surface area contributed by atoms with Crippen molar-refractivity contribution in [1.29, 1.82) is 0 Å². The van der Waals surface area contributed by atoms with Crippen LogP contribution in [0.4, 0.5) is 16.2 Å². The largest absolute Gasteiger partial charge is 0.455 e. The minimum atomic E-state index is -0.674. The Kier molecular flexibility index (Phi) is 6.24. The second-order valence-corrected chi connectivity index (χ2v) is 9.33. The molecule has 0 bridgehead atoms. The van der Waals surface area contributed by atoms with Gasteiger partial charge in [-0.25, -0.2) is 4.79 Å². The fourth-order valence-electron chi connectivity index (χ4n) is 3.13. The maximum Gasteiger partial charge on any atom is 0.412 e. The molecular weight excluding hydrogens is 479 g/mol. The molecular formula is C23H22Cl2N6O3. The molecule has 0 radical (unpaired) electrons. The number of nitrogens with one attached hydrogen (secondary N) is 1. The van der Waals surface area contributed by atoms with Crippen molar-refractivity contribution in [2.75, 3.05) is 11.1 Å². The summed E-state index contributed by atoms with van der Waals surface area (Å²) < 4.78 is 13.0. The number of nitrogens with two attached hydrogens (primary N) is 1. The van der Waals surface area contributed by atoms with E-state index in [0.717, 1.165) is 0 Å². The maximum atomic E-state index is 12.5. The molecule has 3 N–H and O–H groups in total. The summed E-state index contributed by atoms with van der Waals surface area (Å²) in [6.07, 6.45) is -0.635. The second-order valence-electron chi connectivity index (χ2n) is 8.49. The van der Waals surface area contributed by atoms with Crippen LogP contribution in [0.1, 0.15) is 26.6 Å². The summed E-state index contributed by atoms with van der Waals surface area (Å²) in [5, 5.41) is 16.4.